The Labute approximate surface area is 192 Å². The molecular weight excluding hydrogens is 440 g/mol. The number of carbonyl (C=O) groups is 1. The zero-order chi connectivity index (χ0) is 23.4. The molecule has 0 amide bonds. The first-order valence-corrected chi connectivity index (χ1v) is 11.6. The lowest BCUT2D eigenvalue weighted by Crippen LogP contribution is -2.26. The second kappa shape index (κ2) is 9.30. The summed E-state index contributed by atoms with van der Waals surface area (Å²) < 4.78 is 38.3. The van der Waals surface area contributed by atoms with Gasteiger partial charge in [0, 0.05) is 12.6 Å². The van der Waals surface area contributed by atoms with Gasteiger partial charge in [-0.3, -0.25) is 4.31 Å². The number of hydrogen-bond acceptors (Lipinski definition) is 6. The molecule has 0 bridgehead atoms. The zero-order valence-corrected chi connectivity index (χ0v) is 19.0. The van der Waals surface area contributed by atoms with Crippen molar-refractivity contribution in [3.05, 3.63) is 102 Å². The average Bonchev–Trinajstić information content (AvgIpc) is 3.23. The molecule has 4 rings (SSSR count). The number of para-hydroxylation sites is 1. The number of esters is 1. The normalized spacial score (nSPS) is 11.2. The molecule has 0 aliphatic carbocycles. The minimum Gasteiger partial charge on any atom is -0.455 e. The lowest BCUT2D eigenvalue weighted by molar-refractivity contribution is 0.0466. The van der Waals surface area contributed by atoms with Gasteiger partial charge in [0.05, 0.1) is 16.1 Å². The maximum absolute atomic E-state index is 13.0. The van der Waals surface area contributed by atoms with Gasteiger partial charge in [-0.2, -0.15) is 0 Å². The molecule has 168 valence electrons. The van der Waals surface area contributed by atoms with Gasteiger partial charge < -0.3 is 9.15 Å². The zero-order valence-electron chi connectivity index (χ0n) is 18.1. The summed E-state index contributed by atoms with van der Waals surface area (Å²) in [5, 5.41) is 0. The molecule has 7 nitrogen and oxygen atoms in total. The summed E-state index contributed by atoms with van der Waals surface area (Å²) in [6.07, 6.45) is 0. The number of ether oxygens (including phenoxy) is 1. The highest BCUT2D eigenvalue weighted by atomic mass is 32.2. The molecule has 4 aromatic rings. The van der Waals surface area contributed by atoms with E-state index >= 15 is 0 Å². The van der Waals surface area contributed by atoms with Crippen molar-refractivity contribution in [2.75, 3.05) is 11.4 Å². The van der Waals surface area contributed by atoms with Crippen LogP contribution in [0.4, 0.5) is 5.69 Å². The fourth-order valence-corrected chi connectivity index (χ4v) is 4.44. The van der Waals surface area contributed by atoms with Crippen molar-refractivity contribution in [2.45, 2.75) is 18.4 Å². The minimum atomic E-state index is -3.85. The first-order chi connectivity index (χ1) is 15.9. The van der Waals surface area contributed by atoms with Crippen molar-refractivity contribution in [1.29, 1.82) is 0 Å². The van der Waals surface area contributed by atoms with E-state index in [1.807, 2.05) is 30.3 Å². The molecule has 8 heteroatoms. The molecule has 0 spiro atoms. The second-order valence-electron chi connectivity index (χ2n) is 7.30. The Morgan fingerprint density at radius 2 is 1.64 bits per heavy atom. The van der Waals surface area contributed by atoms with E-state index in [1.165, 1.54) is 35.6 Å². The van der Waals surface area contributed by atoms with Crippen molar-refractivity contribution in [3.8, 4) is 11.5 Å². The molecule has 0 N–H and O–H groups in total. The monoisotopic (exact) mass is 462 g/mol. The summed E-state index contributed by atoms with van der Waals surface area (Å²) in [4.78, 5) is 17.0. The van der Waals surface area contributed by atoms with E-state index in [0.29, 0.717) is 23.0 Å². The molecule has 3 aromatic carbocycles. The Balaban J connectivity index is 1.49. The highest BCUT2D eigenvalue weighted by molar-refractivity contribution is 7.92. The SMILES string of the molecule is Cc1oc(-c2ccccc2)nc1COC(=O)c1cccc(S(=O)(=O)N(C)c2ccccc2)c1. The van der Waals surface area contributed by atoms with Crippen LogP contribution < -0.4 is 4.31 Å². The van der Waals surface area contributed by atoms with Crippen molar-refractivity contribution < 1.29 is 22.4 Å². The topological polar surface area (TPSA) is 89.7 Å². The van der Waals surface area contributed by atoms with Crippen LogP contribution >= 0.6 is 0 Å². The van der Waals surface area contributed by atoms with E-state index in [-0.39, 0.29) is 17.1 Å². The Morgan fingerprint density at radius 3 is 2.33 bits per heavy atom. The van der Waals surface area contributed by atoms with Crippen LogP contribution in [0, 0.1) is 6.92 Å². The highest BCUT2D eigenvalue weighted by Gasteiger charge is 2.23. The van der Waals surface area contributed by atoms with Gasteiger partial charge in [-0.15, -0.1) is 0 Å². The average molecular weight is 463 g/mol. The predicted molar refractivity (Wildman–Crippen MR) is 124 cm³/mol. The Morgan fingerprint density at radius 1 is 0.970 bits per heavy atom. The molecule has 0 fully saturated rings. The van der Waals surface area contributed by atoms with Crippen LogP contribution in [-0.4, -0.2) is 26.4 Å². The largest absolute Gasteiger partial charge is 0.455 e. The van der Waals surface area contributed by atoms with Crippen molar-refractivity contribution in [2.24, 2.45) is 0 Å². The maximum Gasteiger partial charge on any atom is 0.338 e. The van der Waals surface area contributed by atoms with Crippen LogP contribution in [0.1, 0.15) is 21.8 Å². The molecular formula is C25H22N2O5S. The molecule has 0 aliphatic rings. The number of nitrogens with zero attached hydrogens (tertiary/aromatic N) is 2. The number of carbonyl (C=O) groups excluding carboxylic acids is 1. The second-order valence-corrected chi connectivity index (χ2v) is 9.27. The summed E-state index contributed by atoms with van der Waals surface area (Å²) in [5.74, 6) is 0.330. The molecule has 0 saturated heterocycles. The molecule has 1 aromatic heterocycles. The minimum absolute atomic E-state index is 0.00714. The standard InChI is InChI=1S/C25H22N2O5S/c1-18-23(26-24(32-18)19-10-5-3-6-11-19)17-31-25(28)20-12-9-15-22(16-20)33(29,30)27(2)21-13-7-4-8-14-21/h3-16H,17H2,1-2H3. The number of aromatic nitrogens is 1. The Kier molecular flexibility index (Phi) is 6.28. The van der Waals surface area contributed by atoms with E-state index < -0.39 is 16.0 Å². The number of benzene rings is 3. The smallest absolute Gasteiger partial charge is 0.338 e. The third kappa shape index (κ3) is 4.80. The van der Waals surface area contributed by atoms with Gasteiger partial charge in [0.25, 0.3) is 10.0 Å². The first-order valence-electron chi connectivity index (χ1n) is 10.2. The summed E-state index contributed by atoms with van der Waals surface area (Å²) in [6, 6.07) is 23.9. The lowest BCUT2D eigenvalue weighted by Gasteiger charge is -2.19. The van der Waals surface area contributed by atoms with Crippen molar-refractivity contribution in [1.82, 2.24) is 4.98 Å². The third-order valence-corrected chi connectivity index (χ3v) is 6.88. The van der Waals surface area contributed by atoms with Gasteiger partial charge in [-0.1, -0.05) is 42.5 Å². The number of oxazole rings is 1. The van der Waals surface area contributed by atoms with Gasteiger partial charge in [0.15, 0.2) is 0 Å². The summed E-state index contributed by atoms with van der Waals surface area (Å²) in [5.41, 5.74) is 1.96. The highest BCUT2D eigenvalue weighted by Crippen LogP contribution is 2.24. The molecule has 1 heterocycles. The molecule has 0 unspecified atom stereocenters. The molecule has 33 heavy (non-hydrogen) atoms. The number of sulfonamides is 1. The number of rotatable bonds is 7. The number of hydrogen-bond donors (Lipinski definition) is 0. The maximum atomic E-state index is 13.0. The fraction of sp³-hybridized carbons (Fsp3) is 0.120. The summed E-state index contributed by atoms with van der Waals surface area (Å²) in [7, 11) is -2.39. The quantitative estimate of drug-likeness (QED) is 0.365. The van der Waals surface area contributed by atoms with Crippen LogP contribution in [0.2, 0.25) is 0 Å². The van der Waals surface area contributed by atoms with E-state index in [9.17, 15) is 13.2 Å². The van der Waals surface area contributed by atoms with Gasteiger partial charge in [0.1, 0.15) is 18.1 Å². The molecule has 0 atom stereocenters. The van der Waals surface area contributed by atoms with Crippen molar-refractivity contribution >= 4 is 21.7 Å². The van der Waals surface area contributed by atoms with Gasteiger partial charge in [-0.05, 0) is 49.4 Å². The van der Waals surface area contributed by atoms with E-state index in [2.05, 4.69) is 4.98 Å². The Bertz CT molecular complexity index is 1370. The summed E-state index contributed by atoms with van der Waals surface area (Å²) >= 11 is 0. The van der Waals surface area contributed by atoms with E-state index in [4.69, 9.17) is 9.15 Å². The first kappa shape index (κ1) is 22.3. The third-order valence-electron chi connectivity index (χ3n) is 5.10. The van der Waals surface area contributed by atoms with E-state index in [0.717, 1.165) is 5.56 Å². The lowest BCUT2D eigenvalue weighted by atomic mass is 10.2. The van der Waals surface area contributed by atoms with Crippen LogP contribution in [0.25, 0.3) is 11.5 Å². The van der Waals surface area contributed by atoms with Gasteiger partial charge >= 0.3 is 5.97 Å². The molecule has 0 aliphatic heterocycles. The van der Waals surface area contributed by atoms with Gasteiger partial charge in [-0.25, -0.2) is 18.2 Å². The number of anilines is 1. The van der Waals surface area contributed by atoms with E-state index in [1.54, 1.807) is 37.3 Å². The predicted octanol–water partition coefficient (Wildman–Crippen LogP) is 4.83. The van der Waals surface area contributed by atoms with Crippen LogP contribution in [0.15, 0.2) is 94.2 Å². The van der Waals surface area contributed by atoms with Gasteiger partial charge in [0.2, 0.25) is 5.89 Å². The van der Waals surface area contributed by atoms with Crippen LogP contribution in [-0.2, 0) is 21.4 Å². The van der Waals surface area contributed by atoms with Crippen LogP contribution in [0.3, 0.4) is 0 Å². The van der Waals surface area contributed by atoms with Crippen LogP contribution in [0.5, 0.6) is 0 Å². The number of aryl methyl sites for hydroxylation is 1. The Hall–Kier alpha value is -3.91. The van der Waals surface area contributed by atoms with Crippen molar-refractivity contribution in [3.63, 3.8) is 0 Å². The molecule has 0 saturated carbocycles. The molecule has 0 radical (unpaired) electrons. The summed E-state index contributed by atoms with van der Waals surface area (Å²) in [6.45, 7) is 1.65. The fourth-order valence-electron chi connectivity index (χ4n) is 3.20.